The Morgan fingerprint density at radius 2 is 2.00 bits per heavy atom. The van der Waals surface area contributed by atoms with Gasteiger partial charge in [-0.1, -0.05) is 19.9 Å². The van der Waals surface area contributed by atoms with Crippen LogP contribution in [0.15, 0.2) is 17.1 Å². The lowest BCUT2D eigenvalue weighted by Gasteiger charge is -2.26. The Balaban J connectivity index is 2.44. The first-order valence-corrected chi connectivity index (χ1v) is 7.13. The monoisotopic (exact) mass is 324 g/mol. The number of guanidine groups is 1. The van der Waals surface area contributed by atoms with Crippen LogP contribution in [0.2, 0.25) is 0 Å². The van der Waals surface area contributed by atoms with Gasteiger partial charge in [0, 0.05) is 6.54 Å². The molecule has 124 valence electrons. The molecule has 2 rings (SSSR count). The molecular formula is C15H18F2N4O2. The van der Waals surface area contributed by atoms with E-state index in [2.05, 4.69) is 4.99 Å². The van der Waals surface area contributed by atoms with E-state index in [1.54, 1.807) is 0 Å². The summed E-state index contributed by atoms with van der Waals surface area (Å²) in [6, 6.07) is 1.54. The highest BCUT2D eigenvalue weighted by Gasteiger charge is 2.40. The van der Waals surface area contributed by atoms with E-state index in [1.807, 2.05) is 13.8 Å². The van der Waals surface area contributed by atoms with Gasteiger partial charge in [-0.3, -0.25) is 9.59 Å². The van der Waals surface area contributed by atoms with E-state index >= 15 is 0 Å². The molecule has 1 aliphatic heterocycles. The predicted molar refractivity (Wildman–Crippen MR) is 80.4 cm³/mol. The summed E-state index contributed by atoms with van der Waals surface area (Å²) < 4.78 is 27.4. The van der Waals surface area contributed by atoms with Gasteiger partial charge in [0.15, 0.2) is 17.6 Å². The van der Waals surface area contributed by atoms with Crippen LogP contribution in [0.4, 0.5) is 8.78 Å². The van der Waals surface area contributed by atoms with Crippen LogP contribution in [0.5, 0.6) is 0 Å². The van der Waals surface area contributed by atoms with Crippen LogP contribution in [-0.4, -0.2) is 29.2 Å². The van der Waals surface area contributed by atoms with E-state index < -0.39 is 29.5 Å². The molecule has 1 aliphatic rings. The first-order chi connectivity index (χ1) is 10.7. The van der Waals surface area contributed by atoms with Crippen molar-refractivity contribution < 1.29 is 18.4 Å². The fraction of sp³-hybridized carbons (Fsp3) is 0.400. The number of hydrogen-bond acceptors (Lipinski definition) is 2. The molecule has 1 unspecified atom stereocenters. The zero-order valence-electron chi connectivity index (χ0n) is 12.8. The second kappa shape index (κ2) is 6.31. The maximum absolute atomic E-state index is 14.0. The van der Waals surface area contributed by atoms with E-state index in [4.69, 9.17) is 11.5 Å². The summed E-state index contributed by atoms with van der Waals surface area (Å²) in [5.41, 5.74) is 10.3. The summed E-state index contributed by atoms with van der Waals surface area (Å²) in [6.07, 6.45) is -0.200. The van der Waals surface area contributed by atoms with Gasteiger partial charge in [0.2, 0.25) is 0 Å². The van der Waals surface area contributed by atoms with E-state index in [9.17, 15) is 18.4 Å². The largest absolute Gasteiger partial charge is 0.370 e. The van der Waals surface area contributed by atoms with Crippen LogP contribution < -0.4 is 11.5 Å². The van der Waals surface area contributed by atoms with Crippen LogP contribution in [0, 0.1) is 17.6 Å². The Morgan fingerprint density at radius 1 is 1.35 bits per heavy atom. The Kier molecular flexibility index (Phi) is 4.63. The number of carbonyl (C=O) groups excluding carboxylic acids is 2. The summed E-state index contributed by atoms with van der Waals surface area (Å²) in [6.45, 7) is 4.05. The highest BCUT2D eigenvalue weighted by atomic mass is 19.2. The molecule has 1 aromatic carbocycles. The molecule has 0 radical (unpaired) electrons. The Bertz CT molecular complexity index is 684. The van der Waals surface area contributed by atoms with Gasteiger partial charge in [0.05, 0.1) is 18.0 Å². The molecule has 1 atom stereocenters. The average Bonchev–Trinajstić information content (AvgIpc) is 2.67. The van der Waals surface area contributed by atoms with Gasteiger partial charge < -0.3 is 16.4 Å². The number of fused-ring (bicyclic) bond motifs is 1. The fourth-order valence-corrected chi connectivity index (χ4v) is 2.69. The lowest BCUT2D eigenvalue weighted by atomic mass is 10.0. The fourth-order valence-electron chi connectivity index (χ4n) is 2.69. The molecule has 0 saturated carbocycles. The van der Waals surface area contributed by atoms with Gasteiger partial charge in [0.1, 0.15) is 0 Å². The van der Waals surface area contributed by atoms with Crippen LogP contribution in [-0.2, 0) is 4.79 Å². The molecule has 1 aromatic rings. The number of hydrogen-bond donors (Lipinski definition) is 2. The second-order valence-electron chi connectivity index (χ2n) is 5.83. The molecule has 0 aliphatic carbocycles. The Hall–Kier alpha value is -2.51. The number of rotatable bonds is 4. The summed E-state index contributed by atoms with van der Waals surface area (Å²) in [5, 5.41) is 0. The summed E-state index contributed by atoms with van der Waals surface area (Å²) in [5.74, 6) is -3.86. The maximum Gasteiger partial charge on any atom is 0.257 e. The van der Waals surface area contributed by atoms with Gasteiger partial charge in [-0.15, -0.1) is 0 Å². The zero-order chi connectivity index (χ0) is 17.3. The third kappa shape index (κ3) is 3.30. The van der Waals surface area contributed by atoms with Gasteiger partial charge in [-0.05, 0) is 17.5 Å². The molecule has 0 saturated heterocycles. The van der Waals surface area contributed by atoms with E-state index in [1.165, 1.54) is 11.0 Å². The van der Waals surface area contributed by atoms with E-state index in [0.717, 1.165) is 6.07 Å². The Morgan fingerprint density at radius 3 is 2.57 bits per heavy atom. The minimum absolute atomic E-state index is 0.0850. The maximum atomic E-state index is 14.0. The Labute approximate surface area is 132 Å². The van der Waals surface area contributed by atoms with Crippen molar-refractivity contribution in [2.24, 2.45) is 22.4 Å². The zero-order valence-corrected chi connectivity index (χ0v) is 12.8. The van der Waals surface area contributed by atoms with Gasteiger partial charge >= 0.3 is 0 Å². The second-order valence-corrected chi connectivity index (χ2v) is 5.83. The topological polar surface area (TPSA) is 102 Å². The molecule has 0 fully saturated rings. The highest BCUT2D eigenvalue weighted by Crippen LogP contribution is 2.38. The lowest BCUT2D eigenvalue weighted by molar-refractivity contribution is -0.118. The van der Waals surface area contributed by atoms with Gasteiger partial charge in [-0.2, -0.15) is 4.99 Å². The number of aliphatic imine (C=N–C) groups is 1. The summed E-state index contributed by atoms with van der Waals surface area (Å²) >= 11 is 0. The minimum Gasteiger partial charge on any atom is -0.370 e. The summed E-state index contributed by atoms with van der Waals surface area (Å²) in [4.78, 5) is 29.1. The molecule has 2 amide bonds. The van der Waals surface area contributed by atoms with Crippen molar-refractivity contribution >= 4 is 17.8 Å². The molecule has 6 nitrogen and oxygen atoms in total. The van der Waals surface area contributed by atoms with E-state index in [-0.39, 0.29) is 29.4 Å². The van der Waals surface area contributed by atoms with Crippen LogP contribution in [0.1, 0.15) is 42.2 Å². The SMILES string of the molecule is CC(C)CN1C(=O)c2c(ccc(F)c2F)C1CC(=O)N=C(N)N. The molecule has 0 bridgehead atoms. The molecule has 0 aromatic heterocycles. The van der Waals surface area contributed by atoms with E-state index in [0.29, 0.717) is 6.54 Å². The number of benzene rings is 1. The van der Waals surface area contributed by atoms with Crippen LogP contribution in [0.25, 0.3) is 0 Å². The number of nitrogens with two attached hydrogens (primary N) is 2. The lowest BCUT2D eigenvalue weighted by Crippen LogP contribution is -2.33. The van der Waals surface area contributed by atoms with Crippen molar-refractivity contribution in [3.63, 3.8) is 0 Å². The average molecular weight is 324 g/mol. The quantitative estimate of drug-likeness (QED) is 0.644. The van der Waals surface area contributed by atoms with Crippen LogP contribution in [0.3, 0.4) is 0 Å². The van der Waals surface area contributed by atoms with Gasteiger partial charge in [0.25, 0.3) is 11.8 Å². The number of nitrogens with zero attached hydrogens (tertiary/aromatic N) is 2. The highest BCUT2D eigenvalue weighted by molar-refractivity contribution is 6.00. The third-order valence-electron chi connectivity index (χ3n) is 3.52. The molecule has 8 heteroatoms. The first kappa shape index (κ1) is 16.9. The molecule has 4 N–H and O–H groups in total. The van der Waals surface area contributed by atoms with Crippen molar-refractivity contribution in [2.75, 3.05) is 6.54 Å². The predicted octanol–water partition coefficient (Wildman–Crippen LogP) is 1.31. The molecule has 1 heterocycles. The van der Waals surface area contributed by atoms with Crippen molar-refractivity contribution in [3.8, 4) is 0 Å². The summed E-state index contributed by atoms with van der Waals surface area (Å²) in [7, 11) is 0. The van der Waals surface area contributed by atoms with Gasteiger partial charge in [-0.25, -0.2) is 8.78 Å². The number of halogens is 2. The van der Waals surface area contributed by atoms with Crippen molar-refractivity contribution in [1.29, 1.82) is 0 Å². The third-order valence-corrected chi connectivity index (χ3v) is 3.52. The molecule has 0 spiro atoms. The minimum atomic E-state index is -1.20. The normalized spacial score (nSPS) is 16.7. The number of carbonyl (C=O) groups is 2. The van der Waals surface area contributed by atoms with Crippen molar-refractivity contribution in [3.05, 3.63) is 34.9 Å². The van der Waals surface area contributed by atoms with Crippen LogP contribution >= 0.6 is 0 Å². The first-order valence-electron chi connectivity index (χ1n) is 7.13. The standard InChI is InChI=1S/C15H18F2N4O2/c1-7(2)6-21-10(5-11(22)20-15(18)19)8-3-4-9(16)13(17)12(8)14(21)23/h3-4,7,10H,5-6H2,1-2H3,(H4,18,19,20,22). The smallest absolute Gasteiger partial charge is 0.257 e. The molecule has 23 heavy (non-hydrogen) atoms. The van der Waals surface area contributed by atoms with Crippen molar-refractivity contribution in [2.45, 2.75) is 26.3 Å². The van der Waals surface area contributed by atoms with Crippen molar-refractivity contribution in [1.82, 2.24) is 4.90 Å². The molecular weight excluding hydrogens is 306 g/mol. The number of amides is 2.